The average molecular weight is 263 g/mol. The van der Waals surface area contributed by atoms with Gasteiger partial charge in [0.05, 0.1) is 11.9 Å². The first-order chi connectivity index (χ1) is 9.84. The van der Waals surface area contributed by atoms with E-state index in [2.05, 4.69) is 25.7 Å². The van der Waals surface area contributed by atoms with Crippen molar-refractivity contribution < 1.29 is 0 Å². The van der Waals surface area contributed by atoms with E-state index in [0.717, 1.165) is 22.0 Å². The van der Waals surface area contributed by atoms with Crippen LogP contribution in [0.1, 0.15) is 12.5 Å². The maximum Gasteiger partial charge on any atom is 0.176 e. The molecule has 20 heavy (non-hydrogen) atoms. The molecule has 5 heteroatoms. The summed E-state index contributed by atoms with van der Waals surface area (Å²) in [5.41, 5.74) is 4.86. The predicted molar refractivity (Wildman–Crippen MR) is 79.6 cm³/mol. The summed E-state index contributed by atoms with van der Waals surface area (Å²) in [6, 6.07) is 11.7. The lowest BCUT2D eigenvalue weighted by Gasteiger charge is -2.05. The van der Waals surface area contributed by atoms with Crippen molar-refractivity contribution in [3.05, 3.63) is 60.6 Å². The molecule has 0 saturated heterocycles. The highest BCUT2D eigenvalue weighted by atomic mass is 15.3. The number of hydrogen-bond acceptors (Lipinski definition) is 5. The standard InChI is InChI=1S/C15H13N5/c1-11(12-6-8-16-9-7-12)18-20-15-14-5-3-2-4-13(14)10-17-19-15/h2-10H,1H3,(H,19,20). The number of fused-ring (bicyclic) bond motifs is 1. The van der Waals surface area contributed by atoms with Crippen molar-refractivity contribution in [3.63, 3.8) is 0 Å². The molecule has 0 aliphatic heterocycles. The maximum atomic E-state index is 4.35. The van der Waals surface area contributed by atoms with Crippen LogP contribution in [0.5, 0.6) is 0 Å². The van der Waals surface area contributed by atoms with Gasteiger partial charge in [-0.1, -0.05) is 24.3 Å². The molecule has 0 atom stereocenters. The Labute approximate surface area is 116 Å². The van der Waals surface area contributed by atoms with Gasteiger partial charge in [0.25, 0.3) is 0 Å². The topological polar surface area (TPSA) is 63.1 Å². The first kappa shape index (κ1) is 12.2. The molecule has 0 unspecified atom stereocenters. The average Bonchev–Trinajstić information content (AvgIpc) is 2.53. The Hall–Kier alpha value is -2.82. The lowest BCUT2D eigenvalue weighted by molar-refractivity contribution is 1.04. The van der Waals surface area contributed by atoms with E-state index < -0.39 is 0 Å². The van der Waals surface area contributed by atoms with Crippen LogP contribution >= 0.6 is 0 Å². The van der Waals surface area contributed by atoms with Crippen LogP contribution in [-0.2, 0) is 0 Å². The Bertz CT molecular complexity index is 747. The minimum atomic E-state index is 0.650. The van der Waals surface area contributed by atoms with Crippen molar-refractivity contribution in [2.24, 2.45) is 5.10 Å². The van der Waals surface area contributed by atoms with E-state index in [1.165, 1.54) is 0 Å². The number of nitrogens with zero attached hydrogens (tertiary/aromatic N) is 4. The highest BCUT2D eigenvalue weighted by Crippen LogP contribution is 2.19. The molecule has 98 valence electrons. The molecule has 3 rings (SSSR count). The van der Waals surface area contributed by atoms with Crippen LogP contribution in [0.15, 0.2) is 60.1 Å². The molecular formula is C15H13N5. The summed E-state index contributed by atoms with van der Waals surface area (Å²) < 4.78 is 0. The molecule has 0 bridgehead atoms. The molecule has 0 spiro atoms. The molecule has 0 aliphatic rings. The number of rotatable bonds is 3. The zero-order valence-corrected chi connectivity index (χ0v) is 11.0. The smallest absolute Gasteiger partial charge is 0.176 e. The van der Waals surface area contributed by atoms with Crippen LogP contribution in [0.3, 0.4) is 0 Å². The molecular weight excluding hydrogens is 250 g/mol. The van der Waals surface area contributed by atoms with Crippen molar-refractivity contribution in [2.75, 3.05) is 5.43 Å². The molecule has 3 aromatic rings. The molecule has 0 fully saturated rings. The lowest BCUT2D eigenvalue weighted by atomic mass is 10.2. The van der Waals surface area contributed by atoms with E-state index in [-0.39, 0.29) is 0 Å². The fraction of sp³-hybridized carbons (Fsp3) is 0.0667. The van der Waals surface area contributed by atoms with Crippen LogP contribution in [-0.4, -0.2) is 20.9 Å². The fourth-order valence-electron chi connectivity index (χ4n) is 1.90. The third-order valence-electron chi connectivity index (χ3n) is 3.00. The van der Waals surface area contributed by atoms with Gasteiger partial charge in [0.2, 0.25) is 0 Å². The molecule has 2 aromatic heterocycles. The molecule has 0 saturated carbocycles. The first-order valence-corrected chi connectivity index (χ1v) is 6.26. The largest absolute Gasteiger partial charge is 0.265 e. The molecule has 2 heterocycles. The third-order valence-corrected chi connectivity index (χ3v) is 3.00. The third kappa shape index (κ3) is 2.47. The Morgan fingerprint density at radius 3 is 2.75 bits per heavy atom. The first-order valence-electron chi connectivity index (χ1n) is 6.26. The van der Waals surface area contributed by atoms with Gasteiger partial charge >= 0.3 is 0 Å². The van der Waals surface area contributed by atoms with Crippen LogP contribution in [0.2, 0.25) is 0 Å². The van der Waals surface area contributed by atoms with Gasteiger partial charge in [-0.2, -0.15) is 10.2 Å². The Morgan fingerprint density at radius 2 is 1.90 bits per heavy atom. The molecule has 0 amide bonds. The minimum Gasteiger partial charge on any atom is -0.265 e. The van der Waals surface area contributed by atoms with Gasteiger partial charge < -0.3 is 0 Å². The summed E-state index contributed by atoms with van der Waals surface area (Å²) in [4.78, 5) is 3.99. The number of nitrogens with one attached hydrogen (secondary N) is 1. The van der Waals surface area contributed by atoms with E-state index in [4.69, 9.17) is 0 Å². The van der Waals surface area contributed by atoms with Gasteiger partial charge in [-0.25, -0.2) is 0 Å². The molecule has 0 aliphatic carbocycles. The quantitative estimate of drug-likeness (QED) is 0.583. The predicted octanol–water partition coefficient (Wildman–Crippen LogP) is 2.86. The van der Waals surface area contributed by atoms with Crippen LogP contribution in [0, 0.1) is 0 Å². The Balaban J connectivity index is 1.91. The molecule has 1 N–H and O–H groups in total. The Kier molecular flexibility index (Phi) is 3.33. The highest BCUT2D eigenvalue weighted by Gasteiger charge is 2.02. The number of anilines is 1. The van der Waals surface area contributed by atoms with Crippen molar-refractivity contribution in [1.29, 1.82) is 0 Å². The minimum absolute atomic E-state index is 0.650. The second kappa shape index (κ2) is 5.44. The normalized spacial score (nSPS) is 11.6. The molecule has 5 nitrogen and oxygen atoms in total. The van der Waals surface area contributed by atoms with E-state index in [1.807, 2.05) is 43.3 Å². The van der Waals surface area contributed by atoms with Gasteiger partial charge in [-0.3, -0.25) is 10.4 Å². The number of pyridine rings is 1. The maximum absolute atomic E-state index is 4.35. The Morgan fingerprint density at radius 1 is 1.10 bits per heavy atom. The van der Waals surface area contributed by atoms with E-state index in [1.54, 1.807) is 18.6 Å². The summed E-state index contributed by atoms with van der Waals surface area (Å²) >= 11 is 0. The SMILES string of the molecule is CC(=NNc1nncc2ccccc12)c1ccncc1. The number of benzene rings is 1. The van der Waals surface area contributed by atoms with E-state index in [0.29, 0.717) is 5.82 Å². The van der Waals surface area contributed by atoms with E-state index in [9.17, 15) is 0 Å². The zero-order valence-electron chi connectivity index (χ0n) is 11.0. The van der Waals surface area contributed by atoms with Gasteiger partial charge in [-0.05, 0) is 19.1 Å². The van der Waals surface area contributed by atoms with Crippen LogP contribution in [0.4, 0.5) is 5.82 Å². The van der Waals surface area contributed by atoms with Crippen LogP contribution < -0.4 is 5.43 Å². The number of aromatic nitrogens is 3. The molecule has 0 radical (unpaired) electrons. The summed E-state index contributed by atoms with van der Waals surface area (Å²) in [6.45, 7) is 1.93. The second-order valence-corrected chi connectivity index (χ2v) is 4.33. The van der Waals surface area contributed by atoms with Gasteiger partial charge in [-0.15, -0.1) is 5.10 Å². The van der Waals surface area contributed by atoms with E-state index >= 15 is 0 Å². The fourth-order valence-corrected chi connectivity index (χ4v) is 1.90. The summed E-state index contributed by atoms with van der Waals surface area (Å²) in [5.74, 6) is 0.650. The number of hydrogen-bond donors (Lipinski definition) is 1. The van der Waals surface area contributed by atoms with Gasteiger partial charge in [0.15, 0.2) is 5.82 Å². The molecule has 1 aromatic carbocycles. The summed E-state index contributed by atoms with van der Waals surface area (Å²) in [5, 5.41) is 14.4. The highest BCUT2D eigenvalue weighted by molar-refractivity contribution is 5.99. The van der Waals surface area contributed by atoms with Crippen molar-refractivity contribution >= 4 is 22.3 Å². The second-order valence-electron chi connectivity index (χ2n) is 4.33. The summed E-state index contributed by atoms with van der Waals surface area (Å²) in [7, 11) is 0. The van der Waals surface area contributed by atoms with Crippen LogP contribution in [0.25, 0.3) is 10.8 Å². The zero-order chi connectivity index (χ0) is 13.8. The summed E-state index contributed by atoms with van der Waals surface area (Å²) in [6.07, 6.45) is 5.22. The monoisotopic (exact) mass is 263 g/mol. The van der Waals surface area contributed by atoms with Crippen molar-refractivity contribution in [1.82, 2.24) is 15.2 Å². The van der Waals surface area contributed by atoms with Crippen molar-refractivity contribution in [2.45, 2.75) is 6.92 Å². The lowest BCUT2D eigenvalue weighted by Crippen LogP contribution is -2.02. The van der Waals surface area contributed by atoms with Crippen molar-refractivity contribution in [3.8, 4) is 0 Å². The van der Waals surface area contributed by atoms with Gasteiger partial charge in [0.1, 0.15) is 0 Å². The van der Waals surface area contributed by atoms with Gasteiger partial charge in [0, 0.05) is 28.7 Å². The number of hydrazone groups is 1.